The summed E-state index contributed by atoms with van der Waals surface area (Å²) in [5.74, 6) is -0.915. The largest absolute Gasteiger partial charge is 0.428 e. The van der Waals surface area contributed by atoms with Crippen LogP contribution in [0.25, 0.3) is 6.08 Å². The van der Waals surface area contributed by atoms with Crippen LogP contribution in [0.2, 0.25) is 0 Å². The summed E-state index contributed by atoms with van der Waals surface area (Å²) in [5, 5.41) is 0. The molecule has 0 fully saturated rings. The minimum Gasteiger partial charge on any atom is -0.428 e. The molecular weight excluding hydrogens is 304 g/mol. The first-order valence-corrected chi connectivity index (χ1v) is 7.83. The van der Waals surface area contributed by atoms with Crippen molar-refractivity contribution in [3.63, 3.8) is 0 Å². The number of ether oxygens (including phenoxy) is 2. The van der Waals surface area contributed by atoms with Crippen molar-refractivity contribution in [2.75, 3.05) is 6.79 Å². The summed E-state index contributed by atoms with van der Waals surface area (Å²) < 4.78 is 9.72. The number of benzene rings is 2. The van der Waals surface area contributed by atoms with Crippen molar-refractivity contribution in [2.45, 2.75) is 19.3 Å². The Bertz CT molecular complexity index is 663. The van der Waals surface area contributed by atoms with E-state index in [9.17, 15) is 9.59 Å². The maximum Gasteiger partial charge on any atom is 0.333 e. The first-order valence-electron chi connectivity index (χ1n) is 7.83. The number of hydrogen-bond acceptors (Lipinski definition) is 4. The third-order valence-corrected chi connectivity index (χ3v) is 3.32. The van der Waals surface area contributed by atoms with Crippen molar-refractivity contribution >= 4 is 18.0 Å². The van der Waals surface area contributed by atoms with Crippen molar-refractivity contribution in [2.24, 2.45) is 0 Å². The Kier molecular flexibility index (Phi) is 7.28. The maximum atomic E-state index is 11.6. The predicted octanol–water partition coefficient (Wildman–Crippen LogP) is 3.77. The summed E-state index contributed by atoms with van der Waals surface area (Å²) in [6.45, 7) is -0.359. The fraction of sp³-hybridized carbons (Fsp3) is 0.200. The monoisotopic (exact) mass is 324 g/mol. The van der Waals surface area contributed by atoms with Gasteiger partial charge in [0.05, 0.1) is 0 Å². The van der Waals surface area contributed by atoms with E-state index < -0.39 is 5.97 Å². The van der Waals surface area contributed by atoms with Gasteiger partial charge in [-0.3, -0.25) is 4.79 Å². The smallest absolute Gasteiger partial charge is 0.333 e. The lowest BCUT2D eigenvalue weighted by atomic mass is 10.1. The van der Waals surface area contributed by atoms with Crippen LogP contribution >= 0.6 is 0 Å². The van der Waals surface area contributed by atoms with E-state index in [2.05, 4.69) is 0 Å². The standard InChI is InChI=1S/C20H20O4/c21-19(13-7-12-17-8-3-1-4-9-17)23-16-24-20(22)15-14-18-10-5-2-6-11-18/h1-6,8-11,14-15H,7,12-13,16H2. The molecule has 0 aliphatic carbocycles. The summed E-state index contributed by atoms with van der Waals surface area (Å²) >= 11 is 0. The van der Waals surface area contributed by atoms with Crippen LogP contribution in [0.1, 0.15) is 24.0 Å². The van der Waals surface area contributed by atoms with Gasteiger partial charge in [-0.15, -0.1) is 0 Å². The molecule has 0 amide bonds. The molecule has 2 aromatic rings. The number of hydrogen-bond donors (Lipinski definition) is 0. The van der Waals surface area contributed by atoms with Gasteiger partial charge in [-0.25, -0.2) is 4.79 Å². The summed E-state index contributed by atoms with van der Waals surface area (Å²) in [7, 11) is 0. The average Bonchev–Trinajstić information content (AvgIpc) is 2.62. The highest BCUT2D eigenvalue weighted by molar-refractivity contribution is 5.87. The number of carbonyl (C=O) groups is 2. The topological polar surface area (TPSA) is 52.6 Å². The molecule has 0 aliphatic rings. The first kappa shape index (κ1) is 17.5. The molecule has 0 radical (unpaired) electrons. The molecule has 4 heteroatoms. The van der Waals surface area contributed by atoms with Crippen molar-refractivity contribution < 1.29 is 19.1 Å². The van der Waals surface area contributed by atoms with Crippen LogP contribution in [0, 0.1) is 0 Å². The minimum atomic E-state index is -0.545. The number of carbonyl (C=O) groups excluding carboxylic acids is 2. The molecule has 0 heterocycles. The van der Waals surface area contributed by atoms with E-state index in [0.717, 1.165) is 12.0 Å². The highest BCUT2D eigenvalue weighted by Gasteiger charge is 2.04. The van der Waals surface area contributed by atoms with Gasteiger partial charge < -0.3 is 9.47 Å². The normalized spacial score (nSPS) is 10.5. The second-order valence-corrected chi connectivity index (χ2v) is 5.18. The van der Waals surface area contributed by atoms with Crippen LogP contribution in [-0.4, -0.2) is 18.7 Å². The molecule has 4 nitrogen and oxygen atoms in total. The summed E-state index contributed by atoms with van der Waals surface area (Å²) in [6, 6.07) is 19.3. The molecule has 0 spiro atoms. The number of esters is 2. The molecule has 0 unspecified atom stereocenters. The lowest BCUT2D eigenvalue weighted by molar-refractivity contribution is -0.163. The van der Waals surface area contributed by atoms with Gasteiger partial charge in [0.1, 0.15) is 0 Å². The van der Waals surface area contributed by atoms with Crippen LogP contribution in [0.5, 0.6) is 0 Å². The van der Waals surface area contributed by atoms with Gasteiger partial charge in [0, 0.05) is 12.5 Å². The van der Waals surface area contributed by atoms with E-state index in [-0.39, 0.29) is 12.8 Å². The Morgan fingerprint density at radius 2 is 1.54 bits per heavy atom. The second kappa shape index (κ2) is 10.0. The van der Waals surface area contributed by atoms with Crippen molar-refractivity contribution in [1.29, 1.82) is 0 Å². The molecule has 0 aromatic heterocycles. The van der Waals surface area contributed by atoms with Crippen molar-refractivity contribution in [3.05, 3.63) is 77.9 Å². The zero-order chi connectivity index (χ0) is 17.0. The maximum absolute atomic E-state index is 11.6. The Morgan fingerprint density at radius 1 is 0.875 bits per heavy atom. The van der Waals surface area contributed by atoms with E-state index in [0.29, 0.717) is 12.8 Å². The molecule has 2 aromatic carbocycles. The lowest BCUT2D eigenvalue weighted by Gasteiger charge is -2.05. The van der Waals surface area contributed by atoms with Gasteiger partial charge in [0.2, 0.25) is 6.79 Å². The van der Waals surface area contributed by atoms with Gasteiger partial charge in [-0.2, -0.15) is 0 Å². The van der Waals surface area contributed by atoms with E-state index in [4.69, 9.17) is 9.47 Å². The van der Waals surface area contributed by atoms with Crippen LogP contribution in [0.15, 0.2) is 66.7 Å². The van der Waals surface area contributed by atoms with Crippen LogP contribution in [0.3, 0.4) is 0 Å². The number of aryl methyl sites for hydroxylation is 1. The Morgan fingerprint density at radius 3 is 2.25 bits per heavy atom. The quantitative estimate of drug-likeness (QED) is 0.421. The summed E-state index contributed by atoms with van der Waals surface area (Å²) in [6.07, 6.45) is 4.76. The molecule has 124 valence electrons. The van der Waals surface area contributed by atoms with Gasteiger partial charge in [0.15, 0.2) is 0 Å². The van der Waals surface area contributed by atoms with E-state index in [1.165, 1.54) is 11.6 Å². The third kappa shape index (κ3) is 6.92. The molecule has 0 saturated heterocycles. The number of rotatable bonds is 8. The molecular formula is C20H20O4. The fourth-order valence-electron chi connectivity index (χ4n) is 2.08. The van der Waals surface area contributed by atoms with Crippen molar-refractivity contribution in [3.8, 4) is 0 Å². The van der Waals surface area contributed by atoms with Crippen LogP contribution in [-0.2, 0) is 25.5 Å². The molecule has 2 rings (SSSR count). The summed E-state index contributed by atoms with van der Waals surface area (Å²) in [5.41, 5.74) is 2.08. The minimum absolute atomic E-state index is 0.298. The second-order valence-electron chi connectivity index (χ2n) is 5.18. The molecule has 0 bridgehead atoms. The third-order valence-electron chi connectivity index (χ3n) is 3.32. The van der Waals surface area contributed by atoms with Crippen LogP contribution in [0.4, 0.5) is 0 Å². The van der Waals surface area contributed by atoms with Gasteiger partial charge in [0.25, 0.3) is 0 Å². The zero-order valence-electron chi connectivity index (χ0n) is 13.4. The Hall–Kier alpha value is -2.88. The SMILES string of the molecule is O=C(C=Cc1ccccc1)OCOC(=O)CCCc1ccccc1. The average molecular weight is 324 g/mol. The van der Waals surface area contributed by atoms with Gasteiger partial charge in [-0.05, 0) is 30.0 Å². The van der Waals surface area contributed by atoms with Crippen molar-refractivity contribution in [1.82, 2.24) is 0 Å². The molecule has 0 atom stereocenters. The fourth-order valence-corrected chi connectivity index (χ4v) is 2.08. The highest BCUT2D eigenvalue weighted by atomic mass is 16.7. The highest BCUT2D eigenvalue weighted by Crippen LogP contribution is 2.05. The predicted molar refractivity (Wildman–Crippen MR) is 91.9 cm³/mol. The lowest BCUT2D eigenvalue weighted by Crippen LogP contribution is -2.11. The Labute approximate surface area is 141 Å². The molecule has 24 heavy (non-hydrogen) atoms. The molecule has 0 aliphatic heterocycles. The van der Waals surface area contributed by atoms with Gasteiger partial charge >= 0.3 is 11.9 Å². The molecule has 0 N–H and O–H groups in total. The van der Waals surface area contributed by atoms with E-state index >= 15 is 0 Å². The first-order chi connectivity index (χ1) is 11.7. The van der Waals surface area contributed by atoms with E-state index in [1.807, 2.05) is 60.7 Å². The van der Waals surface area contributed by atoms with Gasteiger partial charge in [-0.1, -0.05) is 60.7 Å². The van der Waals surface area contributed by atoms with E-state index in [1.54, 1.807) is 6.08 Å². The summed E-state index contributed by atoms with van der Waals surface area (Å²) in [4.78, 5) is 23.1. The molecule has 0 saturated carbocycles. The zero-order valence-corrected chi connectivity index (χ0v) is 13.4. The Balaban J connectivity index is 1.58. The van der Waals surface area contributed by atoms with Crippen LogP contribution < -0.4 is 0 Å².